The van der Waals surface area contributed by atoms with Gasteiger partial charge in [0.15, 0.2) is 0 Å². The van der Waals surface area contributed by atoms with Crippen molar-refractivity contribution in [3.8, 4) is 0 Å². The standard InChI is InChI=1S/C14H33NO2Si/c1-3-15-13-11-9-7-5-4-6-8-10-12-14(2)18(16)17/h14-18H,3-13H2,1-2H3. The van der Waals surface area contributed by atoms with Gasteiger partial charge in [-0.25, -0.2) is 0 Å². The second-order valence-electron chi connectivity index (χ2n) is 5.36. The van der Waals surface area contributed by atoms with Crippen LogP contribution in [0.3, 0.4) is 0 Å². The topological polar surface area (TPSA) is 52.5 Å². The minimum Gasteiger partial charge on any atom is -0.413 e. The molecule has 3 nitrogen and oxygen atoms in total. The van der Waals surface area contributed by atoms with Crippen LogP contribution in [-0.2, 0) is 0 Å². The summed E-state index contributed by atoms with van der Waals surface area (Å²) in [5, 5.41) is 3.35. The van der Waals surface area contributed by atoms with Gasteiger partial charge in [0.2, 0.25) is 0 Å². The minimum absolute atomic E-state index is 0.163. The molecule has 0 spiro atoms. The summed E-state index contributed by atoms with van der Waals surface area (Å²) >= 11 is 0. The Morgan fingerprint density at radius 1 is 0.889 bits per heavy atom. The number of hydrogen-bond donors (Lipinski definition) is 3. The Balaban J connectivity index is 3.03. The maximum atomic E-state index is 9.07. The maximum absolute atomic E-state index is 9.07. The summed E-state index contributed by atoms with van der Waals surface area (Å²) in [6.45, 7) is 6.37. The Hall–Kier alpha value is 0.0969. The van der Waals surface area contributed by atoms with Crippen molar-refractivity contribution in [1.82, 2.24) is 5.32 Å². The summed E-state index contributed by atoms with van der Waals surface area (Å²) in [5.41, 5.74) is 0.163. The van der Waals surface area contributed by atoms with E-state index in [4.69, 9.17) is 9.59 Å². The lowest BCUT2D eigenvalue weighted by Crippen LogP contribution is -2.17. The van der Waals surface area contributed by atoms with Gasteiger partial charge in [0.25, 0.3) is 0 Å². The minimum atomic E-state index is -2.35. The van der Waals surface area contributed by atoms with Gasteiger partial charge in [-0.1, -0.05) is 58.8 Å². The third kappa shape index (κ3) is 12.6. The zero-order chi connectivity index (χ0) is 13.6. The molecule has 1 atom stereocenters. The molecule has 0 bridgehead atoms. The van der Waals surface area contributed by atoms with E-state index >= 15 is 0 Å². The second-order valence-corrected chi connectivity index (χ2v) is 7.33. The van der Waals surface area contributed by atoms with Crippen LogP contribution >= 0.6 is 0 Å². The Morgan fingerprint density at radius 3 is 1.89 bits per heavy atom. The Labute approximate surface area is 115 Å². The zero-order valence-electron chi connectivity index (χ0n) is 12.3. The third-order valence-corrected chi connectivity index (χ3v) is 4.87. The van der Waals surface area contributed by atoms with Gasteiger partial charge in [0, 0.05) is 0 Å². The predicted octanol–water partition coefficient (Wildman–Crippen LogP) is 2.70. The maximum Gasteiger partial charge on any atom is 0.318 e. The van der Waals surface area contributed by atoms with Gasteiger partial charge in [-0.15, -0.1) is 0 Å². The molecule has 0 aromatic rings. The molecular formula is C14H33NO2Si. The van der Waals surface area contributed by atoms with Crippen LogP contribution in [0.25, 0.3) is 0 Å². The number of hydrogen-bond acceptors (Lipinski definition) is 3. The molecule has 0 heterocycles. The van der Waals surface area contributed by atoms with Gasteiger partial charge in [0.1, 0.15) is 0 Å². The van der Waals surface area contributed by atoms with Crippen molar-refractivity contribution in [3.63, 3.8) is 0 Å². The highest BCUT2D eigenvalue weighted by molar-refractivity contribution is 6.42. The van der Waals surface area contributed by atoms with Crippen molar-refractivity contribution < 1.29 is 9.59 Å². The molecule has 0 amide bonds. The molecule has 0 saturated carbocycles. The highest BCUT2D eigenvalue weighted by Gasteiger charge is 2.12. The summed E-state index contributed by atoms with van der Waals surface area (Å²) in [6, 6.07) is 0. The van der Waals surface area contributed by atoms with Crippen LogP contribution in [0.1, 0.15) is 71.6 Å². The number of nitrogens with one attached hydrogen (secondary N) is 1. The van der Waals surface area contributed by atoms with E-state index in [0.29, 0.717) is 0 Å². The fraction of sp³-hybridized carbons (Fsp3) is 1.00. The average Bonchev–Trinajstić information content (AvgIpc) is 2.35. The van der Waals surface area contributed by atoms with E-state index in [9.17, 15) is 0 Å². The summed E-state index contributed by atoms with van der Waals surface area (Å²) < 4.78 is 0. The van der Waals surface area contributed by atoms with Crippen LogP contribution in [0.2, 0.25) is 5.54 Å². The van der Waals surface area contributed by atoms with Crippen molar-refractivity contribution in [1.29, 1.82) is 0 Å². The first-order valence-electron chi connectivity index (χ1n) is 7.75. The monoisotopic (exact) mass is 275 g/mol. The van der Waals surface area contributed by atoms with Crippen LogP contribution in [0.15, 0.2) is 0 Å². The molecule has 0 aliphatic rings. The lowest BCUT2D eigenvalue weighted by atomic mass is 10.1. The van der Waals surface area contributed by atoms with Gasteiger partial charge in [-0.3, -0.25) is 0 Å². The molecule has 0 aliphatic carbocycles. The second kappa shape index (κ2) is 13.5. The largest absolute Gasteiger partial charge is 0.413 e. The van der Waals surface area contributed by atoms with Gasteiger partial charge in [-0.2, -0.15) is 0 Å². The molecule has 4 heteroatoms. The van der Waals surface area contributed by atoms with E-state index in [1.54, 1.807) is 0 Å². The molecule has 0 rings (SSSR count). The molecule has 3 N–H and O–H groups in total. The van der Waals surface area contributed by atoms with E-state index in [1.165, 1.54) is 51.5 Å². The first-order valence-corrected chi connectivity index (χ1v) is 9.45. The smallest absolute Gasteiger partial charge is 0.318 e. The molecule has 0 aromatic heterocycles. The van der Waals surface area contributed by atoms with Crippen LogP contribution in [0, 0.1) is 0 Å². The average molecular weight is 276 g/mol. The highest BCUT2D eigenvalue weighted by atomic mass is 28.3. The molecule has 0 saturated heterocycles. The summed E-state index contributed by atoms with van der Waals surface area (Å²) in [5.74, 6) is 0. The molecule has 1 unspecified atom stereocenters. The fourth-order valence-electron chi connectivity index (χ4n) is 2.10. The Bertz CT molecular complexity index is 168. The summed E-state index contributed by atoms with van der Waals surface area (Å²) in [4.78, 5) is 18.1. The molecule has 0 radical (unpaired) electrons. The van der Waals surface area contributed by atoms with E-state index in [0.717, 1.165) is 19.4 Å². The third-order valence-electron chi connectivity index (χ3n) is 3.52. The van der Waals surface area contributed by atoms with Crippen LogP contribution < -0.4 is 5.32 Å². The van der Waals surface area contributed by atoms with Crippen molar-refractivity contribution >= 4 is 9.28 Å². The number of rotatable bonds is 13. The fourth-order valence-corrected chi connectivity index (χ4v) is 2.64. The van der Waals surface area contributed by atoms with Crippen molar-refractivity contribution in [2.75, 3.05) is 13.1 Å². The van der Waals surface area contributed by atoms with Crippen LogP contribution in [0.5, 0.6) is 0 Å². The van der Waals surface area contributed by atoms with E-state index in [1.807, 2.05) is 6.92 Å². The Morgan fingerprint density at radius 2 is 1.39 bits per heavy atom. The molecule has 0 aromatic carbocycles. The Kier molecular flexibility index (Phi) is 13.6. The molecule has 110 valence electrons. The van der Waals surface area contributed by atoms with Crippen molar-refractivity contribution in [2.24, 2.45) is 0 Å². The lowest BCUT2D eigenvalue weighted by Gasteiger charge is -2.10. The van der Waals surface area contributed by atoms with Crippen LogP contribution in [-0.4, -0.2) is 32.0 Å². The van der Waals surface area contributed by atoms with Gasteiger partial charge >= 0.3 is 9.28 Å². The first kappa shape index (κ1) is 18.1. The zero-order valence-corrected chi connectivity index (χ0v) is 13.5. The van der Waals surface area contributed by atoms with E-state index < -0.39 is 9.28 Å². The molecule has 0 fully saturated rings. The SMILES string of the molecule is CCNCCCCCCCCCCC(C)[SiH](O)O. The first-order chi connectivity index (χ1) is 8.68. The van der Waals surface area contributed by atoms with Gasteiger partial charge in [0.05, 0.1) is 0 Å². The quantitative estimate of drug-likeness (QED) is 0.358. The molecule has 0 aliphatic heterocycles. The van der Waals surface area contributed by atoms with Crippen molar-refractivity contribution in [3.05, 3.63) is 0 Å². The van der Waals surface area contributed by atoms with E-state index in [-0.39, 0.29) is 5.54 Å². The van der Waals surface area contributed by atoms with Gasteiger partial charge in [-0.05, 0) is 31.5 Å². The molecule has 18 heavy (non-hydrogen) atoms. The van der Waals surface area contributed by atoms with Gasteiger partial charge < -0.3 is 14.9 Å². The predicted molar refractivity (Wildman–Crippen MR) is 81.1 cm³/mol. The van der Waals surface area contributed by atoms with E-state index in [2.05, 4.69) is 12.2 Å². The normalized spacial score (nSPS) is 13.2. The summed E-state index contributed by atoms with van der Waals surface area (Å²) in [6.07, 6.45) is 11.4. The highest BCUT2D eigenvalue weighted by Crippen LogP contribution is 2.17. The lowest BCUT2D eigenvalue weighted by molar-refractivity contribution is 0.380. The van der Waals surface area contributed by atoms with Crippen LogP contribution in [0.4, 0.5) is 0 Å². The molecular weight excluding hydrogens is 242 g/mol. The summed E-state index contributed by atoms with van der Waals surface area (Å²) in [7, 11) is -2.35. The van der Waals surface area contributed by atoms with Crippen molar-refractivity contribution in [2.45, 2.75) is 77.2 Å². The number of unbranched alkanes of at least 4 members (excludes halogenated alkanes) is 7.